The first-order valence-corrected chi connectivity index (χ1v) is 6.67. The van der Waals surface area contributed by atoms with Gasteiger partial charge in [-0.05, 0) is 42.9 Å². The predicted octanol–water partition coefficient (Wildman–Crippen LogP) is 3.70. The topological polar surface area (TPSA) is 12.0 Å². The zero-order valence-corrected chi connectivity index (χ0v) is 10.5. The molecule has 0 aliphatic heterocycles. The number of hydrogen-bond donors (Lipinski definition) is 1. The second-order valence-electron chi connectivity index (χ2n) is 4.82. The molecule has 1 saturated carbocycles. The van der Waals surface area contributed by atoms with Crippen molar-refractivity contribution in [3.8, 4) is 0 Å². The minimum Gasteiger partial charge on any atom is -0.310 e. The average molecular weight is 217 g/mol. The summed E-state index contributed by atoms with van der Waals surface area (Å²) in [5.41, 5.74) is 2.95. The van der Waals surface area contributed by atoms with Gasteiger partial charge in [-0.15, -0.1) is 0 Å². The Morgan fingerprint density at radius 2 is 2.12 bits per heavy atom. The van der Waals surface area contributed by atoms with Gasteiger partial charge in [0.1, 0.15) is 0 Å². The van der Waals surface area contributed by atoms with Crippen molar-refractivity contribution in [2.75, 3.05) is 6.54 Å². The summed E-state index contributed by atoms with van der Waals surface area (Å²) in [5, 5.41) is 3.65. The van der Waals surface area contributed by atoms with Gasteiger partial charge in [0.15, 0.2) is 0 Å². The molecule has 0 amide bonds. The van der Waals surface area contributed by atoms with E-state index in [4.69, 9.17) is 0 Å². The molecule has 16 heavy (non-hydrogen) atoms. The molecule has 0 spiro atoms. The Hall–Kier alpha value is -0.820. The van der Waals surface area contributed by atoms with Crippen LogP contribution in [-0.4, -0.2) is 6.54 Å². The highest BCUT2D eigenvalue weighted by atomic mass is 14.9. The van der Waals surface area contributed by atoms with Gasteiger partial charge in [0.2, 0.25) is 0 Å². The second kappa shape index (κ2) is 5.49. The lowest BCUT2D eigenvalue weighted by Gasteiger charge is -2.34. The third-order valence-corrected chi connectivity index (χ3v) is 3.76. The Kier molecular flexibility index (Phi) is 4.00. The standard InChI is InChI=1S/C15H23N/c1-3-12-7-5-10-14(11-12)15(16-4-2)13-8-6-9-13/h5,7,10-11,13,15-16H,3-4,6,8-9H2,1-2H3. The molecule has 1 unspecified atom stereocenters. The molecular weight excluding hydrogens is 194 g/mol. The summed E-state index contributed by atoms with van der Waals surface area (Å²) in [6.07, 6.45) is 5.35. The Balaban J connectivity index is 2.16. The summed E-state index contributed by atoms with van der Waals surface area (Å²) in [5.74, 6) is 0.868. The third-order valence-electron chi connectivity index (χ3n) is 3.76. The van der Waals surface area contributed by atoms with Gasteiger partial charge in [0, 0.05) is 6.04 Å². The van der Waals surface area contributed by atoms with E-state index in [1.807, 2.05) is 0 Å². The van der Waals surface area contributed by atoms with E-state index in [-0.39, 0.29) is 0 Å². The van der Waals surface area contributed by atoms with Gasteiger partial charge in [0.25, 0.3) is 0 Å². The van der Waals surface area contributed by atoms with Gasteiger partial charge in [0.05, 0.1) is 0 Å². The highest BCUT2D eigenvalue weighted by Gasteiger charge is 2.27. The molecule has 1 heteroatoms. The Bertz CT molecular complexity index is 328. The van der Waals surface area contributed by atoms with Gasteiger partial charge in [-0.3, -0.25) is 0 Å². The van der Waals surface area contributed by atoms with Crippen molar-refractivity contribution in [3.63, 3.8) is 0 Å². The molecule has 0 radical (unpaired) electrons. The molecule has 1 fully saturated rings. The van der Waals surface area contributed by atoms with E-state index < -0.39 is 0 Å². The van der Waals surface area contributed by atoms with Crippen LogP contribution in [0.15, 0.2) is 24.3 Å². The highest BCUT2D eigenvalue weighted by Crippen LogP contribution is 2.37. The van der Waals surface area contributed by atoms with Crippen molar-refractivity contribution in [1.29, 1.82) is 0 Å². The maximum Gasteiger partial charge on any atom is 0.0348 e. The SMILES string of the molecule is CCNC(c1cccc(CC)c1)C1CCC1. The van der Waals surface area contributed by atoms with Crippen LogP contribution in [0, 0.1) is 5.92 Å². The van der Waals surface area contributed by atoms with Crippen molar-refractivity contribution < 1.29 is 0 Å². The number of nitrogens with one attached hydrogen (secondary N) is 1. The molecule has 88 valence electrons. The first-order valence-electron chi connectivity index (χ1n) is 6.67. The van der Waals surface area contributed by atoms with Crippen molar-refractivity contribution in [3.05, 3.63) is 35.4 Å². The van der Waals surface area contributed by atoms with Gasteiger partial charge >= 0.3 is 0 Å². The smallest absolute Gasteiger partial charge is 0.0348 e. The van der Waals surface area contributed by atoms with Gasteiger partial charge in [-0.2, -0.15) is 0 Å². The maximum absolute atomic E-state index is 3.65. The zero-order valence-electron chi connectivity index (χ0n) is 10.5. The molecule has 0 aromatic heterocycles. The van der Waals surface area contributed by atoms with E-state index in [9.17, 15) is 0 Å². The zero-order chi connectivity index (χ0) is 11.4. The quantitative estimate of drug-likeness (QED) is 0.793. The fraction of sp³-hybridized carbons (Fsp3) is 0.600. The summed E-state index contributed by atoms with van der Waals surface area (Å²) < 4.78 is 0. The van der Waals surface area contributed by atoms with Crippen LogP contribution >= 0.6 is 0 Å². The molecule has 0 bridgehead atoms. The van der Waals surface area contributed by atoms with Gasteiger partial charge in [-0.1, -0.05) is 44.5 Å². The van der Waals surface area contributed by atoms with E-state index in [1.54, 1.807) is 0 Å². The van der Waals surface area contributed by atoms with E-state index in [0.29, 0.717) is 6.04 Å². The van der Waals surface area contributed by atoms with Crippen LogP contribution in [0.25, 0.3) is 0 Å². The Morgan fingerprint density at radius 1 is 1.31 bits per heavy atom. The maximum atomic E-state index is 3.65. The van der Waals surface area contributed by atoms with Crippen molar-refractivity contribution in [2.45, 2.75) is 45.6 Å². The van der Waals surface area contributed by atoms with Crippen LogP contribution in [0.2, 0.25) is 0 Å². The summed E-state index contributed by atoms with van der Waals surface area (Å²) in [6, 6.07) is 9.69. The molecule has 1 aromatic rings. The van der Waals surface area contributed by atoms with Crippen LogP contribution in [0.4, 0.5) is 0 Å². The molecule has 1 nitrogen and oxygen atoms in total. The Morgan fingerprint density at radius 3 is 2.69 bits per heavy atom. The minimum atomic E-state index is 0.588. The van der Waals surface area contributed by atoms with E-state index in [2.05, 4.69) is 43.4 Å². The van der Waals surface area contributed by atoms with Crippen molar-refractivity contribution in [1.82, 2.24) is 5.32 Å². The molecule has 2 rings (SSSR count). The molecule has 1 atom stereocenters. The van der Waals surface area contributed by atoms with Crippen LogP contribution in [0.1, 0.15) is 50.3 Å². The summed E-state index contributed by atoms with van der Waals surface area (Å²) in [7, 11) is 0. The molecule has 1 aliphatic rings. The van der Waals surface area contributed by atoms with Gasteiger partial charge < -0.3 is 5.32 Å². The molecule has 1 aromatic carbocycles. The molecule has 1 N–H and O–H groups in total. The lowest BCUT2D eigenvalue weighted by atomic mass is 9.77. The largest absolute Gasteiger partial charge is 0.310 e. The molecule has 0 heterocycles. The van der Waals surface area contributed by atoms with Crippen molar-refractivity contribution >= 4 is 0 Å². The van der Waals surface area contributed by atoms with E-state index in [1.165, 1.54) is 30.4 Å². The summed E-state index contributed by atoms with van der Waals surface area (Å²) >= 11 is 0. The highest BCUT2D eigenvalue weighted by molar-refractivity contribution is 5.27. The number of aryl methyl sites for hydroxylation is 1. The fourth-order valence-electron chi connectivity index (χ4n) is 2.56. The van der Waals surface area contributed by atoms with Crippen LogP contribution in [0.3, 0.4) is 0 Å². The molecule has 1 aliphatic carbocycles. The fourth-order valence-corrected chi connectivity index (χ4v) is 2.56. The summed E-state index contributed by atoms with van der Waals surface area (Å²) in [4.78, 5) is 0. The lowest BCUT2D eigenvalue weighted by molar-refractivity contribution is 0.233. The lowest BCUT2D eigenvalue weighted by Crippen LogP contribution is -2.32. The van der Waals surface area contributed by atoms with E-state index in [0.717, 1.165) is 18.9 Å². The van der Waals surface area contributed by atoms with Crippen LogP contribution in [-0.2, 0) is 6.42 Å². The van der Waals surface area contributed by atoms with Crippen LogP contribution < -0.4 is 5.32 Å². The first kappa shape index (κ1) is 11.7. The molecule has 0 saturated heterocycles. The molecular formula is C15H23N. The third kappa shape index (κ3) is 2.46. The number of hydrogen-bond acceptors (Lipinski definition) is 1. The van der Waals surface area contributed by atoms with Crippen LogP contribution in [0.5, 0.6) is 0 Å². The number of benzene rings is 1. The van der Waals surface area contributed by atoms with Gasteiger partial charge in [-0.25, -0.2) is 0 Å². The summed E-state index contributed by atoms with van der Waals surface area (Å²) in [6.45, 7) is 5.50. The predicted molar refractivity (Wildman–Crippen MR) is 69.6 cm³/mol. The normalized spacial score (nSPS) is 18.1. The number of rotatable bonds is 5. The van der Waals surface area contributed by atoms with E-state index >= 15 is 0 Å². The van der Waals surface area contributed by atoms with Crippen molar-refractivity contribution in [2.24, 2.45) is 5.92 Å². The first-order chi connectivity index (χ1) is 7.85. The monoisotopic (exact) mass is 217 g/mol. The second-order valence-corrected chi connectivity index (χ2v) is 4.82. The average Bonchev–Trinajstić information content (AvgIpc) is 2.26. The Labute approximate surface area is 99.3 Å². The minimum absolute atomic E-state index is 0.588.